The van der Waals surface area contributed by atoms with Crippen molar-refractivity contribution in [2.45, 2.75) is 6.61 Å². The molecule has 7 nitrogen and oxygen atoms in total. The van der Waals surface area contributed by atoms with Crippen LogP contribution < -0.4 is 14.8 Å². The number of rotatable bonds is 8. The molecule has 0 aromatic heterocycles. The SMILES string of the molecule is COc1cc(/C=C2/SC(=O)N(CC(=O)Nc3ccccc3Cl)C2=O)c(Br)cc1OCc1ccc(Br)cc1. The Hall–Kier alpha value is -2.79. The zero-order valence-corrected chi connectivity index (χ0v) is 24.0. The van der Waals surface area contributed by atoms with E-state index in [0.29, 0.717) is 38.9 Å². The third kappa shape index (κ3) is 6.75. The highest BCUT2D eigenvalue weighted by molar-refractivity contribution is 9.10. The van der Waals surface area contributed by atoms with Crippen LogP contribution in [-0.2, 0) is 16.2 Å². The van der Waals surface area contributed by atoms with Crippen molar-refractivity contribution in [3.8, 4) is 11.5 Å². The van der Waals surface area contributed by atoms with Crippen molar-refractivity contribution in [3.05, 3.63) is 90.7 Å². The van der Waals surface area contributed by atoms with Gasteiger partial charge in [-0.25, -0.2) is 0 Å². The van der Waals surface area contributed by atoms with Crippen molar-refractivity contribution in [2.24, 2.45) is 0 Å². The molecule has 11 heteroatoms. The molecule has 1 aliphatic rings. The van der Waals surface area contributed by atoms with Gasteiger partial charge in [0.1, 0.15) is 13.2 Å². The largest absolute Gasteiger partial charge is 0.493 e. The number of anilines is 1. The topological polar surface area (TPSA) is 84.9 Å². The second kappa shape index (κ2) is 12.2. The van der Waals surface area contributed by atoms with E-state index in [1.165, 1.54) is 7.11 Å². The molecule has 3 amide bonds. The monoisotopic (exact) mass is 664 g/mol. The maximum absolute atomic E-state index is 12.9. The highest BCUT2D eigenvalue weighted by Gasteiger charge is 2.36. The summed E-state index contributed by atoms with van der Waals surface area (Å²) in [6.07, 6.45) is 1.57. The van der Waals surface area contributed by atoms with E-state index >= 15 is 0 Å². The van der Waals surface area contributed by atoms with Crippen LogP contribution >= 0.6 is 55.2 Å². The third-order valence-corrected chi connectivity index (χ3v) is 7.65. The standard InChI is InChI=1S/C26H19Br2ClN2O5S/c1-35-21-10-16(18(28)12-22(21)36-14-15-6-8-17(27)9-7-15)11-23-25(33)31(26(34)37-23)13-24(32)30-20-5-3-2-4-19(20)29/h2-12H,13-14H2,1H3,(H,30,32)/b23-11+. The summed E-state index contributed by atoms with van der Waals surface area (Å²) in [5.41, 5.74) is 1.99. The molecule has 3 aromatic rings. The Labute approximate surface area is 239 Å². The Balaban J connectivity index is 1.47. The Morgan fingerprint density at radius 2 is 1.81 bits per heavy atom. The average molecular weight is 667 g/mol. The number of imide groups is 1. The van der Waals surface area contributed by atoms with E-state index in [0.717, 1.165) is 26.7 Å². The Morgan fingerprint density at radius 1 is 1.08 bits per heavy atom. The molecule has 3 aromatic carbocycles. The smallest absolute Gasteiger partial charge is 0.294 e. The summed E-state index contributed by atoms with van der Waals surface area (Å²) in [5, 5.41) is 2.43. The first-order valence-electron chi connectivity index (χ1n) is 10.8. The van der Waals surface area contributed by atoms with E-state index in [-0.39, 0.29) is 4.91 Å². The van der Waals surface area contributed by atoms with Crippen LogP contribution in [-0.4, -0.2) is 35.6 Å². The van der Waals surface area contributed by atoms with E-state index in [9.17, 15) is 14.4 Å². The van der Waals surface area contributed by atoms with Gasteiger partial charge in [0.25, 0.3) is 11.1 Å². The fourth-order valence-electron chi connectivity index (χ4n) is 3.35. The van der Waals surface area contributed by atoms with Crippen LogP contribution in [0.4, 0.5) is 10.5 Å². The molecule has 0 bridgehead atoms. The summed E-state index contributed by atoms with van der Waals surface area (Å²) in [6, 6.07) is 17.9. The summed E-state index contributed by atoms with van der Waals surface area (Å²) >= 11 is 13.7. The number of para-hydroxylation sites is 1. The van der Waals surface area contributed by atoms with Crippen molar-refractivity contribution in [3.63, 3.8) is 0 Å². The number of thioether (sulfide) groups is 1. The summed E-state index contributed by atoms with van der Waals surface area (Å²) in [4.78, 5) is 39.0. The van der Waals surface area contributed by atoms with Crippen molar-refractivity contribution in [1.82, 2.24) is 4.90 Å². The number of nitrogens with zero attached hydrogens (tertiary/aromatic N) is 1. The zero-order valence-electron chi connectivity index (χ0n) is 19.3. The van der Waals surface area contributed by atoms with Crippen LogP contribution in [0.15, 0.2) is 74.5 Å². The minimum Gasteiger partial charge on any atom is -0.493 e. The van der Waals surface area contributed by atoms with Crippen molar-refractivity contribution in [2.75, 3.05) is 19.0 Å². The second-order valence-electron chi connectivity index (χ2n) is 7.74. The number of benzene rings is 3. The Morgan fingerprint density at radius 3 is 2.51 bits per heavy atom. The van der Waals surface area contributed by atoms with Gasteiger partial charge in [-0.3, -0.25) is 19.3 Å². The lowest BCUT2D eigenvalue weighted by Gasteiger charge is -2.14. The number of methoxy groups -OCH3 is 1. The summed E-state index contributed by atoms with van der Waals surface area (Å²) in [5.74, 6) is -0.124. The van der Waals surface area contributed by atoms with Crippen molar-refractivity contribution in [1.29, 1.82) is 0 Å². The first kappa shape index (κ1) is 27.3. The second-order valence-corrected chi connectivity index (χ2v) is 10.9. The first-order valence-corrected chi connectivity index (χ1v) is 13.6. The maximum atomic E-state index is 12.9. The third-order valence-electron chi connectivity index (χ3n) is 5.20. The number of nitrogens with one attached hydrogen (secondary N) is 1. The van der Waals surface area contributed by atoms with Crippen molar-refractivity contribution < 1.29 is 23.9 Å². The molecule has 0 aliphatic carbocycles. The van der Waals surface area contributed by atoms with Crippen molar-refractivity contribution >= 4 is 84.0 Å². The molecule has 4 rings (SSSR count). The van der Waals surface area contributed by atoms with E-state index in [2.05, 4.69) is 37.2 Å². The van der Waals surface area contributed by atoms with Gasteiger partial charge in [-0.1, -0.05) is 67.7 Å². The highest BCUT2D eigenvalue weighted by atomic mass is 79.9. The molecule has 37 heavy (non-hydrogen) atoms. The fraction of sp³-hybridized carbons (Fsp3) is 0.115. The molecule has 0 atom stereocenters. The predicted octanol–water partition coefficient (Wildman–Crippen LogP) is 7.13. The molecule has 1 fully saturated rings. The summed E-state index contributed by atoms with van der Waals surface area (Å²) < 4.78 is 13.0. The van der Waals surface area contributed by atoms with E-state index in [4.69, 9.17) is 21.1 Å². The van der Waals surface area contributed by atoms with Crippen LogP contribution in [0.3, 0.4) is 0 Å². The zero-order chi connectivity index (χ0) is 26.5. The highest BCUT2D eigenvalue weighted by Crippen LogP contribution is 2.38. The number of carbonyl (C=O) groups excluding carboxylic acids is 3. The number of amides is 3. The van der Waals surface area contributed by atoms with Gasteiger partial charge in [0.05, 0.1) is 22.7 Å². The first-order chi connectivity index (χ1) is 17.7. The number of carbonyl (C=O) groups is 3. The Bertz CT molecular complexity index is 1400. The number of ether oxygens (including phenoxy) is 2. The van der Waals surface area contributed by atoms with Gasteiger partial charge in [-0.05, 0) is 65.4 Å². The molecule has 0 spiro atoms. The minimum absolute atomic E-state index is 0.182. The van der Waals surface area contributed by atoms with Gasteiger partial charge in [0.15, 0.2) is 11.5 Å². The quantitative estimate of drug-likeness (QED) is 0.258. The summed E-state index contributed by atoms with van der Waals surface area (Å²) in [6.45, 7) is -0.0921. The lowest BCUT2D eigenvalue weighted by molar-refractivity contribution is -0.127. The number of halogens is 3. The number of hydrogen-bond donors (Lipinski definition) is 1. The molecule has 0 radical (unpaired) electrons. The van der Waals surface area contributed by atoms with Gasteiger partial charge in [-0.2, -0.15) is 0 Å². The molecular weight excluding hydrogens is 648 g/mol. The normalized spacial score (nSPS) is 14.3. The summed E-state index contributed by atoms with van der Waals surface area (Å²) in [7, 11) is 1.52. The van der Waals surface area contributed by atoms with Crippen LogP contribution in [0, 0.1) is 0 Å². The molecular formula is C26H19Br2ClN2O5S. The van der Waals surface area contributed by atoms with E-state index < -0.39 is 23.6 Å². The Kier molecular flexibility index (Phi) is 8.96. The molecule has 0 saturated carbocycles. The maximum Gasteiger partial charge on any atom is 0.294 e. The molecule has 1 saturated heterocycles. The molecule has 0 unspecified atom stereocenters. The minimum atomic E-state index is -0.564. The van der Waals surface area contributed by atoms with Gasteiger partial charge in [0.2, 0.25) is 5.91 Å². The average Bonchev–Trinajstić information content (AvgIpc) is 3.13. The van der Waals surface area contributed by atoms with Crippen LogP contribution in [0.25, 0.3) is 6.08 Å². The fourth-order valence-corrected chi connectivity index (χ4v) is 5.06. The van der Waals surface area contributed by atoms with Gasteiger partial charge < -0.3 is 14.8 Å². The lowest BCUT2D eigenvalue weighted by Crippen LogP contribution is -2.36. The van der Waals surface area contributed by atoms with E-state index in [1.807, 2.05) is 24.3 Å². The van der Waals surface area contributed by atoms with Crippen LogP contribution in [0.5, 0.6) is 11.5 Å². The molecule has 190 valence electrons. The molecule has 1 aliphatic heterocycles. The van der Waals surface area contributed by atoms with Crippen LogP contribution in [0.1, 0.15) is 11.1 Å². The van der Waals surface area contributed by atoms with Crippen LogP contribution in [0.2, 0.25) is 5.02 Å². The van der Waals surface area contributed by atoms with Gasteiger partial charge in [-0.15, -0.1) is 0 Å². The van der Waals surface area contributed by atoms with Gasteiger partial charge in [0, 0.05) is 8.95 Å². The van der Waals surface area contributed by atoms with Gasteiger partial charge >= 0.3 is 0 Å². The molecule has 1 heterocycles. The molecule has 1 N–H and O–H groups in total. The van der Waals surface area contributed by atoms with E-state index in [1.54, 1.807) is 42.5 Å². The number of hydrogen-bond acceptors (Lipinski definition) is 6. The predicted molar refractivity (Wildman–Crippen MR) is 152 cm³/mol. The lowest BCUT2D eigenvalue weighted by atomic mass is 10.1.